The molecule has 1 rings (SSSR count). The highest BCUT2D eigenvalue weighted by atomic mass is 79.9. The van der Waals surface area contributed by atoms with E-state index in [4.69, 9.17) is 4.74 Å². The summed E-state index contributed by atoms with van der Waals surface area (Å²) < 4.78 is 18.5. The lowest BCUT2D eigenvalue weighted by Gasteiger charge is -2.19. The summed E-state index contributed by atoms with van der Waals surface area (Å²) in [6, 6.07) is 1.30. The van der Waals surface area contributed by atoms with E-state index in [1.165, 1.54) is 6.07 Å². The van der Waals surface area contributed by atoms with Crippen LogP contribution >= 0.6 is 15.9 Å². The van der Waals surface area contributed by atoms with Gasteiger partial charge < -0.3 is 10.1 Å². The molecule has 94 valence electrons. The van der Waals surface area contributed by atoms with E-state index in [-0.39, 0.29) is 6.54 Å². The molecule has 0 saturated heterocycles. The van der Waals surface area contributed by atoms with E-state index in [9.17, 15) is 9.18 Å². The maximum absolute atomic E-state index is 12.9. The van der Waals surface area contributed by atoms with Crippen LogP contribution in [-0.4, -0.2) is 16.7 Å². The summed E-state index contributed by atoms with van der Waals surface area (Å²) in [6.45, 7) is 5.46. The fourth-order valence-corrected chi connectivity index (χ4v) is 1.43. The number of amides is 1. The Bertz CT molecular complexity index is 418. The molecule has 1 amide bonds. The highest BCUT2D eigenvalue weighted by molar-refractivity contribution is 9.10. The summed E-state index contributed by atoms with van der Waals surface area (Å²) in [6.07, 6.45) is 0.551. The summed E-state index contributed by atoms with van der Waals surface area (Å²) >= 11 is 3.17. The average Bonchev–Trinajstić information content (AvgIpc) is 2.17. The number of alkyl carbamates (subject to hydrolysis) is 1. The molecule has 0 aliphatic carbocycles. The Hall–Kier alpha value is -1.17. The van der Waals surface area contributed by atoms with E-state index in [1.54, 1.807) is 20.8 Å². The minimum Gasteiger partial charge on any atom is -0.444 e. The number of nitrogens with one attached hydrogen (secondary N) is 1. The van der Waals surface area contributed by atoms with Gasteiger partial charge in [0.15, 0.2) is 0 Å². The van der Waals surface area contributed by atoms with E-state index in [2.05, 4.69) is 26.2 Å². The summed E-state index contributed by atoms with van der Waals surface area (Å²) in [7, 11) is 0. The van der Waals surface area contributed by atoms with Crippen molar-refractivity contribution in [3.8, 4) is 0 Å². The molecule has 0 atom stereocenters. The number of hydrogen-bond acceptors (Lipinski definition) is 3. The molecule has 0 fully saturated rings. The molecule has 1 aromatic rings. The molecule has 1 N–H and O–H groups in total. The SMILES string of the molecule is CC(C)(C)OC(=O)NCc1cc(F)cnc1Br. The van der Waals surface area contributed by atoms with Crippen LogP contribution in [0, 0.1) is 5.82 Å². The van der Waals surface area contributed by atoms with Gasteiger partial charge in [-0.1, -0.05) is 0 Å². The van der Waals surface area contributed by atoms with Crippen LogP contribution in [0.25, 0.3) is 0 Å². The smallest absolute Gasteiger partial charge is 0.407 e. The zero-order chi connectivity index (χ0) is 13.1. The molecule has 0 spiro atoms. The maximum atomic E-state index is 12.9. The molecule has 0 aliphatic rings. The van der Waals surface area contributed by atoms with Gasteiger partial charge in [0, 0.05) is 12.1 Å². The quantitative estimate of drug-likeness (QED) is 0.855. The van der Waals surface area contributed by atoms with Crippen LogP contribution in [0.2, 0.25) is 0 Å². The predicted octanol–water partition coefficient (Wildman–Crippen LogP) is 3.01. The van der Waals surface area contributed by atoms with Crippen molar-refractivity contribution in [1.82, 2.24) is 10.3 Å². The van der Waals surface area contributed by atoms with Gasteiger partial charge in [-0.2, -0.15) is 0 Å². The van der Waals surface area contributed by atoms with E-state index < -0.39 is 17.5 Å². The van der Waals surface area contributed by atoms with Crippen molar-refractivity contribution in [3.63, 3.8) is 0 Å². The van der Waals surface area contributed by atoms with Gasteiger partial charge in [0.2, 0.25) is 0 Å². The van der Waals surface area contributed by atoms with Gasteiger partial charge in [0.25, 0.3) is 0 Å². The number of carbonyl (C=O) groups is 1. The standard InChI is InChI=1S/C11H14BrFN2O2/c1-11(2,3)17-10(16)15-5-7-4-8(13)6-14-9(7)12/h4,6H,5H2,1-3H3,(H,15,16). The van der Waals surface area contributed by atoms with Crippen molar-refractivity contribution in [1.29, 1.82) is 0 Å². The van der Waals surface area contributed by atoms with Gasteiger partial charge in [0.05, 0.1) is 6.20 Å². The molecule has 1 aromatic heterocycles. The van der Waals surface area contributed by atoms with Gasteiger partial charge in [-0.25, -0.2) is 14.2 Å². The van der Waals surface area contributed by atoms with E-state index in [0.29, 0.717) is 10.2 Å². The van der Waals surface area contributed by atoms with Gasteiger partial charge in [-0.05, 0) is 42.8 Å². The van der Waals surface area contributed by atoms with Crippen LogP contribution in [0.5, 0.6) is 0 Å². The second-order valence-corrected chi connectivity index (χ2v) is 5.21. The fourth-order valence-electron chi connectivity index (χ4n) is 1.07. The molecule has 0 radical (unpaired) electrons. The molecule has 1 heterocycles. The summed E-state index contributed by atoms with van der Waals surface area (Å²) in [5.74, 6) is -0.450. The third-order valence-corrected chi connectivity index (χ3v) is 2.41. The number of hydrogen-bond donors (Lipinski definition) is 1. The number of rotatable bonds is 2. The van der Waals surface area contributed by atoms with Crippen molar-refractivity contribution in [2.45, 2.75) is 32.9 Å². The van der Waals surface area contributed by atoms with Crippen LogP contribution in [-0.2, 0) is 11.3 Å². The van der Waals surface area contributed by atoms with Crippen molar-refractivity contribution in [2.24, 2.45) is 0 Å². The number of ether oxygens (including phenoxy) is 1. The van der Waals surface area contributed by atoms with Crippen molar-refractivity contribution >= 4 is 22.0 Å². The third kappa shape index (κ3) is 5.12. The van der Waals surface area contributed by atoms with E-state index >= 15 is 0 Å². The Morgan fingerprint density at radius 1 is 1.59 bits per heavy atom. The van der Waals surface area contributed by atoms with E-state index in [0.717, 1.165) is 6.20 Å². The second-order valence-electron chi connectivity index (χ2n) is 4.46. The zero-order valence-electron chi connectivity index (χ0n) is 9.88. The molecule has 17 heavy (non-hydrogen) atoms. The Morgan fingerprint density at radius 2 is 2.24 bits per heavy atom. The van der Waals surface area contributed by atoms with E-state index in [1.807, 2.05) is 0 Å². The molecule has 0 aliphatic heterocycles. The van der Waals surface area contributed by atoms with Crippen LogP contribution in [0.3, 0.4) is 0 Å². The number of aromatic nitrogens is 1. The van der Waals surface area contributed by atoms with Crippen molar-refractivity contribution in [2.75, 3.05) is 0 Å². The first-order valence-electron chi connectivity index (χ1n) is 5.05. The first kappa shape index (κ1) is 13.9. The van der Waals surface area contributed by atoms with Gasteiger partial charge in [0.1, 0.15) is 16.0 Å². The molecular formula is C11H14BrFN2O2. The predicted molar refractivity (Wildman–Crippen MR) is 65.0 cm³/mol. The largest absolute Gasteiger partial charge is 0.444 e. The summed E-state index contributed by atoms with van der Waals surface area (Å²) in [5, 5.41) is 2.53. The molecule has 0 aromatic carbocycles. The van der Waals surface area contributed by atoms with Gasteiger partial charge >= 0.3 is 6.09 Å². The molecule has 0 bridgehead atoms. The summed E-state index contributed by atoms with van der Waals surface area (Å²) in [4.78, 5) is 15.1. The zero-order valence-corrected chi connectivity index (χ0v) is 11.5. The lowest BCUT2D eigenvalue weighted by molar-refractivity contribution is 0.0523. The first-order chi connectivity index (χ1) is 7.78. The second kappa shape index (κ2) is 5.44. The molecule has 0 saturated carbocycles. The summed E-state index contributed by atoms with van der Waals surface area (Å²) in [5.41, 5.74) is -0.00234. The van der Waals surface area contributed by atoms with Crippen LogP contribution in [0.1, 0.15) is 26.3 Å². The highest BCUT2D eigenvalue weighted by Crippen LogP contribution is 2.14. The fraction of sp³-hybridized carbons (Fsp3) is 0.455. The van der Waals surface area contributed by atoms with Crippen LogP contribution < -0.4 is 5.32 Å². The van der Waals surface area contributed by atoms with Gasteiger partial charge in [-0.3, -0.25) is 0 Å². The minimum atomic E-state index is -0.554. The lowest BCUT2D eigenvalue weighted by atomic mass is 10.2. The Kier molecular flexibility index (Phi) is 4.45. The average molecular weight is 305 g/mol. The Labute approximate surface area is 108 Å². The molecule has 4 nitrogen and oxygen atoms in total. The molecule has 0 unspecified atom stereocenters. The van der Waals surface area contributed by atoms with Crippen LogP contribution in [0.4, 0.5) is 9.18 Å². The van der Waals surface area contributed by atoms with Crippen molar-refractivity contribution < 1.29 is 13.9 Å². The molecule has 6 heteroatoms. The third-order valence-electron chi connectivity index (χ3n) is 1.70. The van der Waals surface area contributed by atoms with Crippen molar-refractivity contribution in [3.05, 3.63) is 28.2 Å². The van der Waals surface area contributed by atoms with Gasteiger partial charge in [-0.15, -0.1) is 0 Å². The topological polar surface area (TPSA) is 51.2 Å². The number of pyridine rings is 1. The monoisotopic (exact) mass is 304 g/mol. The first-order valence-corrected chi connectivity index (χ1v) is 5.84. The number of carbonyl (C=O) groups excluding carboxylic acids is 1. The van der Waals surface area contributed by atoms with Crippen LogP contribution in [0.15, 0.2) is 16.9 Å². The Balaban J connectivity index is 2.56. The Morgan fingerprint density at radius 3 is 2.82 bits per heavy atom. The molecular weight excluding hydrogens is 291 g/mol. The maximum Gasteiger partial charge on any atom is 0.407 e. The number of halogens is 2. The lowest BCUT2D eigenvalue weighted by Crippen LogP contribution is -2.32. The highest BCUT2D eigenvalue weighted by Gasteiger charge is 2.16. The number of nitrogens with zero attached hydrogens (tertiary/aromatic N) is 1. The minimum absolute atomic E-state index is 0.153. The normalized spacial score (nSPS) is 11.1.